The summed E-state index contributed by atoms with van der Waals surface area (Å²) < 4.78 is 267. The molecule has 0 aromatic rings. The molecular weight excluding hydrogens is 681 g/mol. The first-order valence-electron chi connectivity index (χ1n) is 9.14. The Labute approximate surface area is 213 Å². The normalized spacial score (nSPS) is 16.3. The van der Waals surface area contributed by atoms with Crippen molar-refractivity contribution in [2.45, 2.75) is 48.8 Å². The van der Waals surface area contributed by atoms with Crippen molar-refractivity contribution in [1.29, 1.82) is 0 Å². The number of hydrogen-bond acceptors (Lipinski definition) is 9. The van der Waals surface area contributed by atoms with E-state index in [4.69, 9.17) is 0 Å². The quantitative estimate of drug-likeness (QED) is 0.187. The van der Waals surface area contributed by atoms with Gasteiger partial charge in [0.25, 0.3) is 30.4 Å². The van der Waals surface area contributed by atoms with Crippen LogP contribution in [-0.2, 0) is 42.9 Å². The Bertz CT molecular complexity index is 1170. The van der Waals surface area contributed by atoms with E-state index < -0.39 is 110 Å². The lowest BCUT2D eigenvalue weighted by atomic mass is 10.3. The predicted octanol–water partition coefficient (Wildman–Crippen LogP) is 3.38. The van der Waals surface area contributed by atoms with E-state index in [-0.39, 0.29) is 0 Å². The first-order valence-corrected chi connectivity index (χ1v) is 13.9. The Kier molecular flexibility index (Phi) is 11.7. The molecule has 242 valence electrons. The van der Waals surface area contributed by atoms with Gasteiger partial charge in [-0.3, -0.25) is 12.5 Å². The van der Waals surface area contributed by atoms with E-state index in [1.165, 1.54) is 0 Å². The zero-order chi connectivity index (χ0) is 32.4. The minimum Gasteiger partial charge on any atom is -0.270 e. The van der Waals surface area contributed by atoms with E-state index in [1.807, 2.05) is 0 Å². The van der Waals surface area contributed by atoms with Crippen LogP contribution in [0.15, 0.2) is 0 Å². The second kappa shape index (κ2) is 12.1. The van der Waals surface area contributed by atoms with Crippen LogP contribution in [0.25, 0.3) is 0 Å². The molecule has 0 aliphatic heterocycles. The van der Waals surface area contributed by atoms with Crippen LogP contribution in [-0.4, -0.2) is 98.1 Å². The summed E-state index contributed by atoms with van der Waals surface area (Å²) in [5.41, 5.74) is 0. The van der Waals surface area contributed by atoms with Gasteiger partial charge in [-0.05, 0) is 0 Å². The fraction of sp³-hybridized carbons (Fsp3) is 1.00. The Balaban J connectivity index is 5.83. The van der Waals surface area contributed by atoms with Gasteiger partial charge < -0.3 is 0 Å². The molecule has 0 fully saturated rings. The maximum absolute atomic E-state index is 13.0. The number of halogens is 15. The van der Waals surface area contributed by atoms with E-state index in [2.05, 4.69) is 12.5 Å². The summed E-state index contributed by atoms with van der Waals surface area (Å²) >= 11 is 0. The highest BCUT2D eigenvalue weighted by molar-refractivity contribution is 7.87. The van der Waals surface area contributed by atoms with Crippen molar-refractivity contribution in [1.82, 2.24) is 0 Å². The molecule has 0 amide bonds. The molecule has 1 atom stereocenters. The summed E-state index contributed by atoms with van der Waals surface area (Å²) in [7, 11) is -18.2. The fourth-order valence-electron chi connectivity index (χ4n) is 1.88. The van der Waals surface area contributed by atoms with Crippen molar-refractivity contribution in [3.63, 3.8) is 0 Å². The molecule has 0 radical (unpaired) electrons. The minimum atomic E-state index is -6.55. The van der Waals surface area contributed by atoms with Crippen LogP contribution in [0.4, 0.5) is 65.9 Å². The summed E-state index contributed by atoms with van der Waals surface area (Å²) in [6, 6.07) is 0. The molecule has 0 aromatic heterocycles. The highest BCUT2D eigenvalue weighted by Gasteiger charge is 2.62. The second-order valence-corrected chi connectivity index (χ2v) is 12.2. The highest BCUT2D eigenvalue weighted by Crippen LogP contribution is 2.39. The maximum Gasteiger partial charge on any atom is 0.454 e. The van der Waals surface area contributed by atoms with Crippen LogP contribution >= 0.6 is 0 Å². The van der Waals surface area contributed by atoms with E-state index in [0.29, 0.717) is 0 Å². The van der Waals surface area contributed by atoms with Crippen LogP contribution in [0.2, 0.25) is 0 Å². The van der Waals surface area contributed by atoms with Gasteiger partial charge >= 0.3 is 36.3 Å². The molecular formula is C13H13F15O9S3. The summed E-state index contributed by atoms with van der Waals surface area (Å²) in [6.45, 7) is -3.97. The molecule has 27 heteroatoms. The van der Waals surface area contributed by atoms with E-state index >= 15 is 0 Å². The zero-order valence-corrected chi connectivity index (χ0v) is 20.8. The first kappa shape index (κ1) is 38.7. The largest absolute Gasteiger partial charge is 0.454 e. The van der Waals surface area contributed by atoms with Crippen molar-refractivity contribution in [3.8, 4) is 0 Å². The summed E-state index contributed by atoms with van der Waals surface area (Å²) in [5, 5.41) is 0. The Morgan fingerprint density at radius 3 is 1.10 bits per heavy atom. The molecule has 0 rings (SSSR count). The average Bonchev–Trinajstić information content (AvgIpc) is 2.60. The molecule has 0 aromatic carbocycles. The lowest BCUT2D eigenvalue weighted by molar-refractivity contribution is -0.272. The van der Waals surface area contributed by atoms with Gasteiger partial charge in [0.1, 0.15) is 23.4 Å². The third-order valence-corrected chi connectivity index (χ3v) is 7.47. The van der Waals surface area contributed by atoms with Crippen LogP contribution in [0.5, 0.6) is 0 Å². The second-order valence-electron chi connectivity index (χ2n) is 7.33. The molecule has 0 saturated carbocycles. The van der Waals surface area contributed by atoms with E-state index in [1.54, 1.807) is 0 Å². The van der Waals surface area contributed by atoms with Crippen LogP contribution in [0.1, 0.15) is 6.42 Å². The predicted molar refractivity (Wildman–Crippen MR) is 95.8 cm³/mol. The third kappa shape index (κ3) is 12.3. The van der Waals surface area contributed by atoms with Crippen molar-refractivity contribution < 1.29 is 104 Å². The Morgan fingerprint density at radius 1 is 0.475 bits per heavy atom. The summed E-state index contributed by atoms with van der Waals surface area (Å²) in [6.07, 6.45) is -24.1. The highest BCUT2D eigenvalue weighted by atomic mass is 32.2. The summed E-state index contributed by atoms with van der Waals surface area (Å²) in [4.78, 5) is 0. The van der Waals surface area contributed by atoms with Gasteiger partial charge in [-0.2, -0.15) is 91.1 Å². The molecule has 0 spiro atoms. The SMILES string of the molecule is O=S(=O)(CC(F)(F)C(F)(F)F)OCCC(COS(=O)(=O)CC(F)(F)C(F)(F)F)OS(=O)(=O)CC(F)(F)C(F)(F)F. The lowest BCUT2D eigenvalue weighted by Crippen LogP contribution is -2.45. The average molecular weight is 694 g/mol. The van der Waals surface area contributed by atoms with Crippen LogP contribution in [0, 0.1) is 0 Å². The maximum atomic E-state index is 13.0. The molecule has 0 heterocycles. The van der Waals surface area contributed by atoms with Crippen molar-refractivity contribution in [3.05, 3.63) is 0 Å². The van der Waals surface area contributed by atoms with Gasteiger partial charge in [-0.1, -0.05) is 0 Å². The van der Waals surface area contributed by atoms with Gasteiger partial charge in [0.2, 0.25) is 0 Å². The number of alkyl halides is 15. The lowest BCUT2D eigenvalue weighted by Gasteiger charge is -2.23. The van der Waals surface area contributed by atoms with Crippen LogP contribution in [0.3, 0.4) is 0 Å². The van der Waals surface area contributed by atoms with Gasteiger partial charge in [-0.15, -0.1) is 0 Å². The topological polar surface area (TPSA) is 130 Å². The molecule has 0 saturated heterocycles. The fourth-order valence-corrected chi connectivity index (χ4v) is 5.22. The molecule has 40 heavy (non-hydrogen) atoms. The van der Waals surface area contributed by atoms with Gasteiger partial charge in [0, 0.05) is 6.42 Å². The zero-order valence-electron chi connectivity index (χ0n) is 18.4. The standard InChI is InChI=1S/C13H13F15O9S3/c14-8(15,11(20,21)22)4-38(29,30)35-2-1-7(37-40(33,34)6-10(18,19)13(26,27)28)3-36-39(31,32)5-9(16,17)12(23,24)25/h7H,1-6H2. The van der Waals surface area contributed by atoms with Crippen molar-refractivity contribution in [2.24, 2.45) is 0 Å². The molecule has 0 N–H and O–H groups in total. The first-order chi connectivity index (χ1) is 17.2. The number of hydrogen-bond donors (Lipinski definition) is 0. The van der Waals surface area contributed by atoms with Crippen molar-refractivity contribution in [2.75, 3.05) is 30.5 Å². The van der Waals surface area contributed by atoms with Gasteiger partial charge in [-0.25, -0.2) is 0 Å². The molecule has 0 aliphatic rings. The summed E-state index contributed by atoms with van der Waals surface area (Å²) in [5.74, 6) is -27.6. The molecule has 0 aliphatic carbocycles. The molecule has 9 nitrogen and oxygen atoms in total. The Morgan fingerprint density at radius 2 is 0.775 bits per heavy atom. The minimum absolute atomic E-state index is 1.67. The third-order valence-electron chi connectivity index (χ3n) is 3.74. The van der Waals surface area contributed by atoms with Crippen LogP contribution < -0.4 is 0 Å². The van der Waals surface area contributed by atoms with E-state index in [9.17, 15) is 91.1 Å². The Hall–Kier alpha value is -1.32. The monoisotopic (exact) mass is 694 g/mol. The van der Waals surface area contributed by atoms with Crippen molar-refractivity contribution >= 4 is 30.4 Å². The molecule has 0 bridgehead atoms. The van der Waals surface area contributed by atoms with E-state index in [0.717, 1.165) is 0 Å². The van der Waals surface area contributed by atoms with Gasteiger partial charge in [0.05, 0.1) is 13.2 Å². The van der Waals surface area contributed by atoms with Gasteiger partial charge in [0.15, 0.2) is 0 Å². The molecule has 1 unspecified atom stereocenters. The smallest absolute Gasteiger partial charge is 0.270 e. The number of rotatable bonds is 15.